The molecule has 0 bridgehead atoms. The third-order valence-electron chi connectivity index (χ3n) is 8.63. The van der Waals surface area contributed by atoms with Gasteiger partial charge in [-0.05, 0) is 73.1 Å². The van der Waals surface area contributed by atoms with Crippen molar-refractivity contribution in [3.8, 4) is 34.5 Å². The van der Waals surface area contributed by atoms with Crippen molar-refractivity contribution in [2.24, 2.45) is 0 Å². The number of rotatable bonds is 14. The lowest BCUT2D eigenvalue weighted by molar-refractivity contribution is -0.185. The van der Waals surface area contributed by atoms with E-state index in [-0.39, 0.29) is 12.0 Å². The van der Waals surface area contributed by atoms with Crippen molar-refractivity contribution in [1.29, 1.82) is 0 Å². The fraction of sp³-hybridized carbons (Fsp3) is 0.417. The van der Waals surface area contributed by atoms with E-state index >= 15 is 0 Å². The summed E-state index contributed by atoms with van der Waals surface area (Å²) in [6, 6.07) is 15.5. The minimum absolute atomic E-state index is 0.112. The van der Waals surface area contributed by atoms with Crippen molar-refractivity contribution in [1.82, 2.24) is 9.80 Å². The molecule has 0 amide bonds. The molecule has 11 nitrogen and oxygen atoms in total. The number of nitrogens with zero attached hydrogens (tertiary/aromatic N) is 2. The van der Waals surface area contributed by atoms with E-state index in [9.17, 15) is 9.90 Å². The maximum absolute atomic E-state index is 13.7. The summed E-state index contributed by atoms with van der Waals surface area (Å²) in [7, 11) is 9.89. The first-order valence-corrected chi connectivity index (χ1v) is 15.6. The van der Waals surface area contributed by atoms with E-state index in [4.69, 9.17) is 33.2 Å². The predicted octanol–water partition coefficient (Wildman–Crippen LogP) is 4.14. The maximum Gasteiger partial charge on any atom is 0.342 e. The lowest BCUT2D eigenvalue weighted by Crippen LogP contribution is -2.44. The normalized spacial score (nSPS) is 18.6. The average Bonchev–Trinajstić information content (AvgIpc) is 3.35. The van der Waals surface area contributed by atoms with Gasteiger partial charge in [-0.15, -0.1) is 0 Å². The molecule has 5 rings (SSSR count). The Morgan fingerprint density at radius 1 is 0.787 bits per heavy atom. The quantitative estimate of drug-likeness (QED) is 0.201. The molecular formula is C36H44N2O9. The number of hydrogen-bond donors (Lipinski definition) is 1. The van der Waals surface area contributed by atoms with Gasteiger partial charge in [0.05, 0.1) is 47.7 Å². The monoisotopic (exact) mass is 648 g/mol. The van der Waals surface area contributed by atoms with Crippen LogP contribution in [0.3, 0.4) is 0 Å². The molecule has 47 heavy (non-hydrogen) atoms. The Bertz CT molecular complexity index is 1560. The summed E-state index contributed by atoms with van der Waals surface area (Å²) >= 11 is 0. The Morgan fingerprint density at radius 3 is 2.02 bits per heavy atom. The third-order valence-corrected chi connectivity index (χ3v) is 8.63. The van der Waals surface area contributed by atoms with Crippen LogP contribution in [-0.4, -0.2) is 103 Å². The van der Waals surface area contributed by atoms with E-state index in [1.165, 1.54) is 14.2 Å². The van der Waals surface area contributed by atoms with Gasteiger partial charge in [0.1, 0.15) is 17.2 Å². The Kier molecular flexibility index (Phi) is 10.8. The Hall–Kier alpha value is -4.45. The molecule has 2 aliphatic rings. The van der Waals surface area contributed by atoms with E-state index < -0.39 is 11.8 Å². The highest BCUT2D eigenvalue weighted by atomic mass is 16.7. The summed E-state index contributed by atoms with van der Waals surface area (Å²) in [5.41, 5.74) is 2.09. The van der Waals surface area contributed by atoms with Gasteiger partial charge in [0, 0.05) is 56.3 Å². The van der Waals surface area contributed by atoms with Crippen LogP contribution in [0.5, 0.6) is 34.5 Å². The lowest BCUT2D eigenvalue weighted by atomic mass is 9.87. The van der Waals surface area contributed by atoms with Crippen LogP contribution in [0, 0.1) is 0 Å². The van der Waals surface area contributed by atoms with Gasteiger partial charge in [0.25, 0.3) is 5.79 Å². The van der Waals surface area contributed by atoms with Crippen molar-refractivity contribution in [2.75, 3.05) is 81.9 Å². The number of methoxy groups -OCH3 is 5. The van der Waals surface area contributed by atoms with Crippen molar-refractivity contribution >= 4 is 11.5 Å². The third kappa shape index (κ3) is 7.43. The average molecular weight is 649 g/mol. The first-order chi connectivity index (χ1) is 22.7. The highest BCUT2D eigenvalue weighted by Crippen LogP contribution is 2.47. The zero-order chi connectivity index (χ0) is 33.6. The topological polar surface area (TPSA) is 108 Å². The van der Waals surface area contributed by atoms with Gasteiger partial charge in [0.2, 0.25) is 5.75 Å². The summed E-state index contributed by atoms with van der Waals surface area (Å²) in [6.07, 6.45) is 0.951. The molecule has 2 heterocycles. The highest BCUT2D eigenvalue weighted by Gasteiger charge is 2.48. The van der Waals surface area contributed by atoms with Crippen molar-refractivity contribution in [2.45, 2.75) is 18.6 Å². The molecular weight excluding hydrogens is 604 g/mol. The number of aliphatic hydroxyl groups is 1. The number of hydrogen-bond acceptors (Lipinski definition) is 11. The van der Waals surface area contributed by atoms with E-state index in [0.29, 0.717) is 63.4 Å². The number of cyclic esters (lactones) is 1. The number of carbonyl (C=O) groups is 1. The second-order valence-corrected chi connectivity index (χ2v) is 11.6. The summed E-state index contributed by atoms with van der Waals surface area (Å²) in [6.45, 7) is 5.61. The van der Waals surface area contributed by atoms with Gasteiger partial charge in [-0.25, -0.2) is 4.79 Å². The second-order valence-electron chi connectivity index (χ2n) is 11.6. The van der Waals surface area contributed by atoms with Gasteiger partial charge in [-0.1, -0.05) is 0 Å². The number of benzene rings is 3. The van der Waals surface area contributed by atoms with E-state index in [1.54, 1.807) is 63.8 Å². The molecule has 0 aromatic heterocycles. The van der Waals surface area contributed by atoms with Crippen molar-refractivity contribution in [3.05, 3.63) is 76.9 Å². The van der Waals surface area contributed by atoms with Crippen molar-refractivity contribution in [3.63, 3.8) is 0 Å². The van der Waals surface area contributed by atoms with Crippen LogP contribution in [0.2, 0.25) is 0 Å². The van der Waals surface area contributed by atoms with Crippen LogP contribution in [0.25, 0.3) is 5.57 Å². The SMILES string of the molecule is COc1ccc(C2(O)OC(=O)C(c3cc(OC)cc(OC)c3)=C2Cc2cc(OC)c(OC)c(OCCCN3CCN(C)CC3)c2)cc1. The number of ether oxygens (including phenoxy) is 7. The molecule has 3 aromatic rings. The van der Waals surface area contributed by atoms with Crippen molar-refractivity contribution < 1.29 is 43.1 Å². The molecule has 1 atom stereocenters. The zero-order valence-corrected chi connectivity index (χ0v) is 28.0. The molecule has 1 saturated heterocycles. The number of likely N-dealkylation sites (N-methyl/N-ethyl adjacent to an activating group) is 1. The van der Waals surface area contributed by atoms with E-state index in [2.05, 4.69) is 16.8 Å². The largest absolute Gasteiger partial charge is 0.497 e. The molecule has 3 aromatic carbocycles. The van der Waals surface area contributed by atoms with Gasteiger partial charge in [0.15, 0.2) is 11.5 Å². The summed E-state index contributed by atoms with van der Waals surface area (Å²) in [5.74, 6) is 0.229. The molecule has 1 fully saturated rings. The summed E-state index contributed by atoms with van der Waals surface area (Å²) < 4.78 is 39.8. The van der Waals surface area contributed by atoms with Gasteiger partial charge >= 0.3 is 5.97 Å². The van der Waals surface area contributed by atoms with Crippen LogP contribution in [0.4, 0.5) is 0 Å². The molecule has 1 N–H and O–H groups in total. The zero-order valence-electron chi connectivity index (χ0n) is 28.0. The van der Waals surface area contributed by atoms with Crippen LogP contribution in [-0.2, 0) is 21.7 Å². The number of esters is 1. The molecule has 0 spiro atoms. The number of piperazine rings is 1. The fourth-order valence-electron chi connectivity index (χ4n) is 5.98. The van der Waals surface area contributed by atoms with E-state index in [1.807, 2.05) is 12.1 Å². The maximum atomic E-state index is 13.7. The van der Waals surface area contributed by atoms with Crippen LogP contribution in [0.15, 0.2) is 60.2 Å². The summed E-state index contributed by atoms with van der Waals surface area (Å²) in [5, 5.41) is 12.2. The Balaban J connectivity index is 1.53. The van der Waals surface area contributed by atoms with E-state index in [0.717, 1.165) is 39.1 Å². The fourth-order valence-corrected chi connectivity index (χ4v) is 5.98. The Morgan fingerprint density at radius 2 is 1.43 bits per heavy atom. The molecule has 1 unspecified atom stereocenters. The van der Waals surface area contributed by atoms with Crippen LogP contribution in [0.1, 0.15) is 23.1 Å². The molecule has 0 radical (unpaired) electrons. The molecule has 2 aliphatic heterocycles. The smallest absolute Gasteiger partial charge is 0.342 e. The van der Waals surface area contributed by atoms with Crippen LogP contribution < -0.4 is 28.4 Å². The minimum atomic E-state index is -2.08. The highest BCUT2D eigenvalue weighted by molar-refractivity contribution is 6.20. The molecule has 0 saturated carbocycles. The van der Waals surface area contributed by atoms with Crippen LogP contribution >= 0.6 is 0 Å². The first kappa shape index (κ1) is 33.9. The lowest BCUT2D eigenvalue weighted by Gasteiger charge is -2.32. The van der Waals surface area contributed by atoms with Gasteiger partial charge in [-0.3, -0.25) is 0 Å². The Labute approximate surface area is 276 Å². The molecule has 252 valence electrons. The standard InChI is InChI=1S/C36H44N2O9/c1-37-13-15-38(16-14-37)12-7-17-46-32-20-24(19-31(44-5)34(32)45-6)18-30-33(25-21-28(42-3)23-29(22-25)43-4)35(39)47-36(30,40)26-8-10-27(41-2)11-9-26/h8-11,19-23,40H,7,12-18H2,1-6H3. The first-order valence-electron chi connectivity index (χ1n) is 15.6. The van der Waals surface area contributed by atoms with Gasteiger partial charge < -0.3 is 48.1 Å². The molecule has 11 heteroatoms. The minimum Gasteiger partial charge on any atom is -0.497 e. The van der Waals surface area contributed by atoms with Gasteiger partial charge in [-0.2, -0.15) is 0 Å². The summed E-state index contributed by atoms with van der Waals surface area (Å²) in [4.78, 5) is 18.5. The number of carbonyl (C=O) groups excluding carboxylic acids is 1. The molecule has 0 aliphatic carbocycles. The predicted molar refractivity (Wildman–Crippen MR) is 177 cm³/mol. The second kappa shape index (κ2) is 15.0.